The van der Waals surface area contributed by atoms with Crippen LogP contribution in [-0.2, 0) is 44.7 Å². The van der Waals surface area contributed by atoms with Gasteiger partial charge in [0.25, 0.3) is 20.2 Å². The third-order valence-corrected chi connectivity index (χ3v) is 9.36. The van der Waals surface area contributed by atoms with Crippen LogP contribution in [0, 0.1) is 18.3 Å². The minimum Gasteiger partial charge on any atom is -0.367 e. The molecule has 0 unspecified atom stereocenters. The lowest BCUT2D eigenvalue weighted by molar-refractivity contribution is 0.278. The largest absolute Gasteiger partial charge is 0.397 e. The zero-order valence-corrected chi connectivity index (χ0v) is 26.2. The van der Waals surface area contributed by atoms with E-state index in [9.17, 15) is 48.0 Å². The molecule has 5 N–H and O–H groups in total. The molecule has 3 rings (SSSR count). The van der Waals surface area contributed by atoms with Crippen LogP contribution in [0.15, 0.2) is 62.3 Å². The fraction of sp³-hybridized carbons (Fsp3) is 0.217. The van der Waals surface area contributed by atoms with Crippen molar-refractivity contribution in [3.8, 4) is 6.07 Å². The smallest absolute Gasteiger partial charge is 0.367 e. The first-order valence-electron chi connectivity index (χ1n) is 12.1. The zero-order valence-electron chi connectivity index (χ0n) is 22.9. The molecule has 0 aliphatic heterocycles. The van der Waals surface area contributed by atoms with Crippen LogP contribution in [0.5, 0.6) is 0 Å². The average molecular weight is 705 g/mol. The summed E-state index contributed by atoms with van der Waals surface area (Å²) in [6.45, 7) is 3.55. The number of anilines is 2. The van der Waals surface area contributed by atoms with Gasteiger partial charge in [-0.2, -0.15) is 35.6 Å². The number of rotatable bonds is 14. The standard InChI is InChI=1S/C23H24N6O12S4/c1-3-42(30,31)10-8-26-23-21(14(2)18(13-24)22(27-23)25-7-9-41-45(38,39)40)29-28-15-11-17-16(20(12-15)44(35,36)37)5-4-6-19(17)43(32,33)34/h3-6,11-12H,1,7-10H2,2H3,(H2,25,26,27)(H,32,33,34)(H,35,36,37)(H,38,39,40). The topological polar surface area (TPSA) is 292 Å². The summed E-state index contributed by atoms with van der Waals surface area (Å²) < 4.78 is 126. The molecular weight excluding hydrogens is 681 g/mol. The lowest BCUT2D eigenvalue weighted by atomic mass is 10.1. The van der Waals surface area contributed by atoms with Crippen molar-refractivity contribution in [3.63, 3.8) is 0 Å². The van der Waals surface area contributed by atoms with Crippen LogP contribution in [0.25, 0.3) is 10.8 Å². The molecule has 2 aromatic carbocycles. The van der Waals surface area contributed by atoms with Gasteiger partial charge in [-0.15, -0.1) is 5.11 Å². The Labute approximate surface area is 257 Å². The molecule has 0 saturated heterocycles. The van der Waals surface area contributed by atoms with Crippen LogP contribution in [0.2, 0.25) is 0 Å². The molecule has 0 atom stereocenters. The van der Waals surface area contributed by atoms with E-state index in [4.69, 9.17) is 4.55 Å². The summed E-state index contributed by atoms with van der Waals surface area (Å²) >= 11 is 0. The maximum atomic E-state index is 12.1. The molecule has 0 fully saturated rings. The fourth-order valence-electron chi connectivity index (χ4n) is 3.83. The predicted molar refractivity (Wildman–Crippen MR) is 160 cm³/mol. The van der Waals surface area contributed by atoms with Gasteiger partial charge >= 0.3 is 10.4 Å². The van der Waals surface area contributed by atoms with E-state index in [2.05, 4.69) is 36.6 Å². The van der Waals surface area contributed by atoms with Crippen LogP contribution in [-0.4, -0.2) is 77.8 Å². The summed E-state index contributed by atoms with van der Waals surface area (Å²) in [4.78, 5) is 2.77. The molecule has 3 aromatic rings. The quantitative estimate of drug-likeness (QED) is 0.0915. The molecule has 0 spiro atoms. The van der Waals surface area contributed by atoms with Gasteiger partial charge in [0.05, 0.1) is 23.6 Å². The van der Waals surface area contributed by atoms with Gasteiger partial charge in [-0.3, -0.25) is 13.7 Å². The van der Waals surface area contributed by atoms with E-state index < -0.39 is 62.6 Å². The molecule has 0 amide bonds. The fourth-order valence-corrected chi connectivity index (χ4v) is 6.10. The molecule has 0 saturated carbocycles. The summed E-state index contributed by atoms with van der Waals surface area (Å²) in [7, 11) is -18.3. The van der Waals surface area contributed by atoms with Crippen molar-refractivity contribution in [2.45, 2.75) is 16.7 Å². The summed E-state index contributed by atoms with van der Waals surface area (Å²) in [6, 6.07) is 7.14. The van der Waals surface area contributed by atoms with Gasteiger partial charge in [0.2, 0.25) is 0 Å². The van der Waals surface area contributed by atoms with Gasteiger partial charge < -0.3 is 10.6 Å². The first-order valence-corrected chi connectivity index (χ1v) is 18.1. The maximum absolute atomic E-state index is 12.1. The van der Waals surface area contributed by atoms with Crippen LogP contribution in [0.3, 0.4) is 0 Å². The predicted octanol–water partition coefficient (Wildman–Crippen LogP) is 2.53. The molecule has 22 heteroatoms. The van der Waals surface area contributed by atoms with Crippen molar-refractivity contribution >= 4 is 74.3 Å². The number of azo groups is 1. The molecule has 0 bridgehead atoms. The Morgan fingerprint density at radius 1 is 0.933 bits per heavy atom. The van der Waals surface area contributed by atoms with Gasteiger partial charge in [0.1, 0.15) is 27.4 Å². The monoisotopic (exact) mass is 704 g/mol. The normalized spacial score (nSPS) is 12.7. The summed E-state index contributed by atoms with van der Waals surface area (Å²) in [6.07, 6.45) is 0. The second-order valence-electron chi connectivity index (χ2n) is 8.85. The Bertz CT molecular complexity index is 2180. The number of sulfone groups is 1. The Hall–Kier alpha value is -4.08. The van der Waals surface area contributed by atoms with Gasteiger partial charge in [0, 0.05) is 34.8 Å². The molecule has 0 aliphatic rings. The highest BCUT2D eigenvalue weighted by molar-refractivity contribution is 7.94. The minimum atomic E-state index is -4.96. The van der Waals surface area contributed by atoms with E-state index in [0.29, 0.717) is 0 Å². The first kappa shape index (κ1) is 35.4. The first-order chi connectivity index (χ1) is 20.8. The van der Waals surface area contributed by atoms with E-state index in [-0.39, 0.29) is 58.0 Å². The third-order valence-electron chi connectivity index (χ3n) is 5.81. The van der Waals surface area contributed by atoms with Crippen LogP contribution in [0.4, 0.5) is 23.0 Å². The van der Waals surface area contributed by atoms with Crippen LogP contribution < -0.4 is 10.6 Å². The lowest BCUT2D eigenvalue weighted by Crippen LogP contribution is -2.17. The van der Waals surface area contributed by atoms with Gasteiger partial charge in [-0.25, -0.2) is 17.6 Å². The average Bonchev–Trinajstić information content (AvgIpc) is 2.92. The highest BCUT2D eigenvalue weighted by atomic mass is 32.3. The Morgan fingerprint density at radius 3 is 2.16 bits per heavy atom. The Morgan fingerprint density at radius 2 is 1.58 bits per heavy atom. The Balaban J connectivity index is 2.19. The maximum Gasteiger partial charge on any atom is 0.397 e. The highest BCUT2D eigenvalue weighted by Gasteiger charge is 2.22. The molecule has 1 heterocycles. The molecule has 1 aromatic heterocycles. The number of fused-ring (bicyclic) bond motifs is 1. The van der Waals surface area contributed by atoms with E-state index in [1.165, 1.54) is 13.0 Å². The number of benzene rings is 2. The molecule has 18 nitrogen and oxygen atoms in total. The van der Waals surface area contributed by atoms with Gasteiger partial charge in [-0.05, 0) is 25.1 Å². The third kappa shape index (κ3) is 9.22. The van der Waals surface area contributed by atoms with Gasteiger partial charge in [-0.1, -0.05) is 18.7 Å². The molecule has 0 aliphatic carbocycles. The summed E-state index contributed by atoms with van der Waals surface area (Å²) in [5.74, 6) is -0.721. The van der Waals surface area contributed by atoms with Crippen molar-refractivity contribution in [2.24, 2.45) is 10.2 Å². The zero-order chi connectivity index (χ0) is 33.8. The molecular formula is C23H24N6O12S4. The Kier molecular flexibility index (Phi) is 10.6. The SMILES string of the molecule is C=CS(=O)(=O)CCNc1nc(NCCOS(=O)(=O)O)c(C#N)c(C)c1N=Nc1cc(S(=O)(=O)O)c2cccc(S(=O)(=O)O)c2c1. The second-order valence-corrected chi connectivity index (χ2v) is 14.8. The van der Waals surface area contributed by atoms with Gasteiger partial charge in [0.15, 0.2) is 15.7 Å². The van der Waals surface area contributed by atoms with Crippen molar-refractivity contribution in [2.75, 3.05) is 36.1 Å². The van der Waals surface area contributed by atoms with Crippen LogP contribution >= 0.6 is 0 Å². The van der Waals surface area contributed by atoms with E-state index >= 15 is 0 Å². The van der Waals surface area contributed by atoms with E-state index in [1.807, 2.05) is 6.07 Å². The highest BCUT2D eigenvalue weighted by Crippen LogP contribution is 2.37. The van der Waals surface area contributed by atoms with Crippen molar-refractivity contribution in [3.05, 3.63) is 53.4 Å². The number of nitrogens with zero attached hydrogens (tertiary/aromatic N) is 4. The summed E-state index contributed by atoms with van der Waals surface area (Å²) in [5.41, 5.74) is -0.517. The van der Waals surface area contributed by atoms with E-state index in [0.717, 1.165) is 29.7 Å². The van der Waals surface area contributed by atoms with E-state index in [1.54, 1.807) is 0 Å². The molecule has 242 valence electrons. The van der Waals surface area contributed by atoms with Crippen molar-refractivity contribution < 1.29 is 51.5 Å². The van der Waals surface area contributed by atoms with Crippen LogP contribution in [0.1, 0.15) is 11.1 Å². The number of hydrogen-bond donors (Lipinski definition) is 5. The molecule has 45 heavy (non-hydrogen) atoms. The number of nitriles is 1. The number of nitrogens with one attached hydrogen (secondary N) is 2. The van der Waals surface area contributed by atoms with Crippen molar-refractivity contribution in [1.29, 1.82) is 5.26 Å². The minimum absolute atomic E-state index is 0.0953. The number of aromatic nitrogens is 1. The number of pyridine rings is 1. The summed E-state index contributed by atoms with van der Waals surface area (Å²) in [5, 5.41) is 23.3. The number of hydrogen-bond acceptors (Lipinski definition) is 15. The van der Waals surface area contributed by atoms with Crippen molar-refractivity contribution in [1.82, 2.24) is 4.98 Å². The lowest BCUT2D eigenvalue weighted by Gasteiger charge is -2.15. The molecule has 0 radical (unpaired) electrons. The second kappa shape index (κ2) is 13.5.